The van der Waals surface area contributed by atoms with Crippen LogP contribution < -0.4 is 5.32 Å². The van der Waals surface area contributed by atoms with Crippen LogP contribution in [-0.4, -0.2) is 44.7 Å². The number of hydrogen-bond acceptors (Lipinski definition) is 4. The summed E-state index contributed by atoms with van der Waals surface area (Å²) >= 11 is 0. The van der Waals surface area contributed by atoms with Gasteiger partial charge in [-0.15, -0.1) is 0 Å². The van der Waals surface area contributed by atoms with Crippen molar-refractivity contribution in [3.05, 3.63) is 0 Å². The molecule has 1 fully saturated rings. The Morgan fingerprint density at radius 3 is 2.44 bits per heavy atom. The van der Waals surface area contributed by atoms with Crippen LogP contribution in [0, 0.1) is 0 Å². The Balaban J connectivity index is 2.68. The van der Waals surface area contributed by atoms with E-state index in [1.165, 1.54) is 6.26 Å². The van der Waals surface area contributed by atoms with Crippen molar-refractivity contribution in [1.29, 1.82) is 0 Å². The molecule has 5 heteroatoms. The standard InChI is InChI=1S/C11H23NO3S/c1-11(2,3)15-10(8-16(4,13)14)9-6-5-7-12-9/h9-10,12H,5-8H2,1-4H3/t9-,10+/m0/s1. The van der Waals surface area contributed by atoms with E-state index >= 15 is 0 Å². The molecular weight excluding hydrogens is 226 g/mol. The SMILES string of the molecule is CC(C)(C)O[C@H](CS(C)(=O)=O)[C@@H]1CCCN1. The van der Waals surface area contributed by atoms with Crippen molar-refractivity contribution < 1.29 is 13.2 Å². The largest absolute Gasteiger partial charge is 0.370 e. The molecular formula is C11H23NO3S. The van der Waals surface area contributed by atoms with E-state index in [4.69, 9.17) is 4.74 Å². The van der Waals surface area contributed by atoms with Gasteiger partial charge in [0.05, 0.1) is 17.5 Å². The second-order valence-corrected chi connectivity index (χ2v) is 7.75. The van der Waals surface area contributed by atoms with E-state index in [1.807, 2.05) is 20.8 Å². The number of rotatable bonds is 4. The molecule has 0 saturated carbocycles. The quantitative estimate of drug-likeness (QED) is 0.806. The maximum atomic E-state index is 11.4. The minimum Gasteiger partial charge on any atom is -0.370 e. The van der Waals surface area contributed by atoms with Crippen molar-refractivity contribution in [3.63, 3.8) is 0 Å². The molecule has 1 aliphatic rings. The highest BCUT2D eigenvalue weighted by Crippen LogP contribution is 2.19. The predicted molar refractivity (Wildman–Crippen MR) is 65.4 cm³/mol. The molecule has 0 aromatic heterocycles. The van der Waals surface area contributed by atoms with Crippen LogP contribution in [0.25, 0.3) is 0 Å². The number of sulfone groups is 1. The van der Waals surface area contributed by atoms with E-state index in [9.17, 15) is 8.42 Å². The highest BCUT2D eigenvalue weighted by molar-refractivity contribution is 7.90. The molecule has 0 spiro atoms. The maximum absolute atomic E-state index is 11.4. The average Bonchev–Trinajstić information content (AvgIpc) is 2.47. The minimum atomic E-state index is -3.00. The summed E-state index contributed by atoms with van der Waals surface area (Å²) in [6.45, 7) is 6.82. The van der Waals surface area contributed by atoms with Crippen molar-refractivity contribution in [2.45, 2.75) is 51.4 Å². The summed E-state index contributed by atoms with van der Waals surface area (Å²) in [6.07, 6.45) is 3.12. The molecule has 1 heterocycles. The fourth-order valence-electron chi connectivity index (χ4n) is 2.01. The molecule has 1 aliphatic heterocycles. The van der Waals surface area contributed by atoms with Crippen molar-refractivity contribution in [1.82, 2.24) is 5.32 Å². The Morgan fingerprint density at radius 2 is 2.06 bits per heavy atom. The Kier molecular flexibility index (Phi) is 4.37. The van der Waals surface area contributed by atoms with Crippen LogP contribution in [0.5, 0.6) is 0 Å². The second kappa shape index (κ2) is 5.02. The average molecular weight is 249 g/mol. The number of hydrogen-bond donors (Lipinski definition) is 1. The fourth-order valence-corrected chi connectivity index (χ4v) is 2.91. The lowest BCUT2D eigenvalue weighted by molar-refractivity contribution is -0.0620. The first kappa shape index (κ1) is 13.9. The highest BCUT2D eigenvalue weighted by Gasteiger charge is 2.31. The lowest BCUT2D eigenvalue weighted by atomic mass is 10.1. The van der Waals surface area contributed by atoms with Gasteiger partial charge in [-0.25, -0.2) is 8.42 Å². The van der Waals surface area contributed by atoms with Gasteiger partial charge < -0.3 is 10.1 Å². The van der Waals surface area contributed by atoms with Gasteiger partial charge in [-0.1, -0.05) is 0 Å². The fraction of sp³-hybridized carbons (Fsp3) is 1.00. The van der Waals surface area contributed by atoms with Gasteiger partial charge >= 0.3 is 0 Å². The van der Waals surface area contributed by atoms with Crippen LogP contribution in [0.3, 0.4) is 0 Å². The highest BCUT2D eigenvalue weighted by atomic mass is 32.2. The van der Waals surface area contributed by atoms with Crippen molar-refractivity contribution in [2.24, 2.45) is 0 Å². The topological polar surface area (TPSA) is 55.4 Å². The van der Waals surface area contributed by atoms with Crippen LogP contribution >= 0.6 is 0 Å². The van der Waals surface area contributed by atoms with Crippen LogP contribution in [-0.2, 0) is 14.6 Å². The summed E-state index contributed by atoms with van der Waals surface area (Å²) in [7, 11) is -3.00. The van der Waals surface area contributed by atoms with Crippen molar-refractivity contribution in [2.75, 3.05) is 18.6 Å². The molecule has 0 bridgehead atoms. The van der Waals surface area contributed by atoms with Gasteiger partial charge in [0.15, 0.2) is 0 Å². The monoisotopic (exact) mass is 249 g/mol. The molecule has 0 aromatic rings. The van der Waals surface area contributed by atoms with E-state index in [1.54, 1.807) is 0 Å². The Bertz CT molecular complexity index is 313. The molecule has 0 amide bonds. The summed E-state index contributed by atoms with van der Waals surface area (Å²) in [5.41, 5.74) is -0.306. The third-order valence-corrected chi connectivity index (χ3v) is 3.45. The van der Waals surface area contributed by atoms with E-state index in [2.05, 4.69) is 5.32 Å². The van der Waals surface area contributed by atoms with E-state index in [0.717, 1.165) is 19.4 Å². The van der Waals surface area contributed by atoms with Gasteiger partial charge in [-0.2, -0.15) is 0 Å². The first-order chi connectivity index (χ1) is 7.17. The van der Waals surface area contributed by atoms with Gasteiger partial charge in [-0.05, 0) is 40.2 Å². The van der Waals surface area contributed by atoms with Gasteiger partial charge in [0.25, 0.3) is 0 Å². The number of ether oxygens (including phenoxy) is 1. The third kappa shape index (κ3) is 5.27. The zero-order valence-corrected chi connectivity index (χ0v) is 11.4. The molecule has 0 radical (unpaired) electrons. The van der Waals surface area contributed by atoms with E-state index in [-0.39, 0.29) is 23.5 Å². The summed E-state index contributed by atoms with van der Waals surface area (Å²) < 4.78 is 28.6. The normalized spacial score (nSPS) is 24.6. The Hall–Kier alpha value is -0.130. The molecule has 0 aliphatic carbocycles. The molecule has 0 aromatic carbocycles. The lowest BCUT2D eigenvalue weighted by Gasteiger charge is -2.31. The first-order valence-corrected chi connectivity index (χ1v) is 7.82. The molecule has 2 atom stereocenters. The molecule has 96 valence electrons. The molecule has 0 unspecified atom stereocenters. The summed E-state index contributed by atoms with van der Waals surface area (Å²) in [6, 6.07) is 0.175. The maximum Gasteiger partial charge on any atom is 0.150 e. The molecule has 4 nitrogen and oxygen atoms in total. The summed E-state index contributed by atoms with van der Waals surface area (Å²) in [5.74, 6) is 0.0991. The van der Waals surface area contributed by atoms with E-state index < -0.39 is 9.84 Å². The zero-order chi connectivity index (χ0) is 12.4. The predicted octanol–water partition coefficient (Wildman–Crippen LogP) is 0.967. The van der Waals surface area contributed by atoms with Crippen LogP contribution in [0.2, 0.25) is 0 Å². The minimum absolute atomic E-state index is 0.0991. The Morgan fingerprint density at radius 1 is 1.44 bits per heavy atom. The van der Waals surface area contributed by atoms with Crippen molar-refractivity contribution >= 4 is 9.84 Å². The molecule has 16 heavy (non-hydrogen) atoms. The number of nitrogens with one attached hydrogen (secondary N) is 1. The zero-order valence-electron chi connectivity index (χ0n) is 10.6. The molecule has 1 saturated heterocycles. The third-order valence-electron chi connectivity index (χ3n) is 2.52. The first-order valence-electron chi connectivity index (χ1n) is 5.76. The van der Waals surface area contributed by atoms with Crippen molar-refractivity contribution in [3.8, 4) is 0 Å². The van der Waals surface area contributed by atoms with E-state index in [0.29, 0.717) is 0 Å². The Labute approximate surface area is 98.7 Å². The summed E-state index contributed by atoms with van der Waals surface area (Å²) in [5, 5.41) is 3.31. The lowest BCUT2D eigenvalue weighted by Crippen LogP contribution is -2.45. The second-order valence-electron chi connectivity index (χ2n) is 5.56. The van der Waals surface area contributed by atoms with Crippen LogP contribution in [0.4, 0.5) is 0 Å². The van der Waals surface area contributed by atoms with Gasteiger partial charge in [-0.3, -0.25) is 0 Å². The molecule has 1 N–H and O–H groups in total. The molecule has 1 rings (SSSR count). The van der Waals surface area contributed by atoms with Gasteiger partial charge in [0.1, 0.15) is 9.84 Å². The summed E-state index contributed by atoms with van der Waals surface area (Å²) in [4.78, 5) is 0. The van der Waals surface area contributed by atoms with Gasteiger partial charge in [0, 0.05) is 12.3 Å². The van der Waals surface area contributed by atoms with Gasteiger partial charge in [0.2, 0.25) is 0 Å². The smallest absolute Gasteiger partial charge is 0.150 e. The van der Waals surface area contributed by atoms with Crippen LogP contribution in [0.15, 0.2) is 0 Å². The van der Waals surface area contributed by atoms with Crippen LogP contribution in [0.1, 0.15) is 33.6 Å².